The largest absolute Gasteiger partial charge is 0.381 e. The zero-order valence-corrected chi connectivity index (χ0v) is 30.6. The van der Waals surface area contributed by atoms with Crippen LogP contribution in [0, 0.1) is 20.8 Å². The molecule has 49 heavy (non-hydrogen) atoms. The summed E-state index contributed by atoms with van der Waals surface area (Å²) in [5, 5.41) is 3.04. The summed E-state index contributed by atoms with van der Waals surface area (Å²) in [6.45, 7) is 23.2. The van der Waals surface area contributed by atoms with Crippen LogP contribution < -0.4 is 15.8 Å². The monoisotopic (exact) mass is 671 g/mol. The fourth-order valence-electron chi connectivity index (χ4n) is 7.64. The number of aromatic nitrogens is 1. The standard InChI is InChI=1S/C39H57N7O3/c1-8-37(45-18-16-44(17-19-45)32-10-14-43(7)15-11-32)40-25-28(4)31-23-34(38(47)41-26-35-27(3)22-29(5)42-39(35)48)30(6)36(24-31)46(9-2)33-12-20-49-21-13-33/h8,22-25,32-33H,4,9-21,26H2,1-3,5-7H3,(H,41,47)(H,42,48)/b37-8+,40-25-. The molecule has 0 aliphatic carbocycles. The normalized spacial score (nSPS) is 19.1. The number of hydrogen-bond donors (Lipinski definition) is 2. The molecule has 10 heteroatoms. The maximum Gasteiger partial charge on any atom is 0.253 e. The van der Waals surface area contributed by atoms with E-state index in [0.29, 0.717) is 23.2 Å². The molecule has 4 heterocycles. The summed E-state index contributed by atoms with van der Waals surface area (Å²) >= 11 is 0. The number of aliphatic imine (C=N–C) groups is 1. The van der Waals surface area contributed by atoms with Gasteiger partial charge in [-0.15, -0.1) is 0 Å². The third kappa shape index (κ3) is 8.90. The molecular formula is C39H57N7O3. The number of ether oxygens (including phenoxy) is 1. The number of likely N-dealkylation sites (tertiary alicyclic amines) is 1. The van der Waals surface area contributed by atoms with Crippen molar-refractivity contribution in [2.75, 3.05) is 71.0 Å². The summed E-state index contributed by atoms with van der Waals surface area (Å²) in [5.74, 6) is 0.731. The minimum Gasteiger partial charge on any atom is -0.381 e. The lowest BCUT2D eigenvalue weighted by atomic mass is 9.95. The van der Waals surface area contributed by atoms with Gasteiger partial charge < -0.3 is 29.7 Å². The molecule has 1 amide bonds. The first-order chi connectivity index (χ1) is 23.6. The molecule has 1 aromatic heterocycles. The molecule has 3 aliphatic heterocycles. The van der Waals surface area contributed by atoms with Crippen LogP contribution in [0.15, 0.2) is 46.5 Å². The zero-order valence-electron chi connectivity index (χ0n) is 30.6. The predicted molar refractivity (Wildman–Crippen MR) is 201 cm³/mol. The van der Waals surface area contributed by atoms with Crippen molar-refractivity contribution >= 4 is 23.4 Å². The molecule has 10 nitrogen and oxygen atoms in total. The average molecular weight is 672 g/mol. The van der Waals surface area contributed by atoms with Gasteiger partial charge in [-0.05, 0) is 127 Å². The molecule has 0 atom stereocenters. The number of aryl methyl sites for hydroxylation is 2. The summed E-state index contributed by atoms with van der Waals surface area (Å²) < 4.78 is 5.68. The molecule has 3 fully saturated rings. The van der Waals surface area contributed by atoms with E-state index < -0.39 is 0 Å². The number of benzene rings is 1. The number of hydrogen-bond acceptors (Lipinski definition) is 8. The van der Waals surface area contributed by atoms with Gasteiger partial charge in [-0.25, -0.2) is 4.99 Å². The van der Waals surface area contributed by atoms with Gasteiger partial charge in [0.1, 0.15) is 5.82 Å². The van der Waals surface area contributed by atoms with Gasteiger partial charge in [0.15, 0.2) is 0 Å². The van der Waals surface area contributed by atoms with Crippen LogP contribution in [0.2, 0.25) is 0 Å². The van der Waals surface area contributed by atoms with E-state index in [2.05, 4.69) is 62.6 Å². The maximum atomic E-state index is 13.9. The van der Waals surface area contributed by atoms with E-state index in [0.717, 1.165) is 98.2 Å². The number of piperazine rings is 1. The number of anilines is 1. The number of allylic oxidation sites excluding steroid dienone is 2. The first kappa shape index (κ1) is 36.5. The Morgan fingerprint density at radius 1 is 1.06 bits per heavy atom. The van der Waals surface area contributed by atoms with Crippen LogP contribution in [-0.2, 0) is 11.3 Å². The van der Waals surface area contributed by atoms with Crippen molar-refractivity contribution in [2.24, 2.45) is 4.99 Å². The van der Waals surface area contributed by atoms with Crippen LogP contribution in [0.5, 0.6) is 0 Å². The van der Waals surface area contributed by atoms with Gasteiger partial charge in [0.05, 0.1) is 0 Å². The van der Waals surface area contributed by atoms with Gasteiger partial charge in [-0.3, -0.25) is 14.5 Å². The van der Waals surface area contributed by atoms with Crippen molar-refractivity contribution in [3.63, 3.8) is 0 Å². The summed E-state index contributed by atoms with van der Waals surface area (Å²) in [6, 6.07) is 7.01. The zero-order chi connectivity index (χ0) is 35.1. The van der Waals surface area contributed by atoms with E-state index in [-0.39, 0.29) is 18.0 Å². The van der Waals surface area contributed by atoms with Crippen molar-refractivity contribution in [1.82, 2.24) is 25.0 Å². The van der Waals surface area contributed by atoms with Crippen LogP contribution in [0.3, 0.4) is 0 Å². The Bertz CT molecular complexity index is 1590. The van der Waals surface area contributed by atoms with E-state index in [1.807, 2.05) is 46.0 Å². The minimum absolute atomic E-state index is 0.148. The Hall–Kier alpha value is -3.73. The second kappa shape index (κ2) is 16.8. The SMILES string of the molecule is C=C(/C=N\C(=C/C)N1CCN(C2CCN(C)CC2)CC1)c1cc(C(=O)NCc2c(C)cc(C)[nH]c2=O)c(C)c(N(CC)C2CCOCC2)c1. The quantitative estimate of drug-likeness (QED) is 0.329. The average Bonchev–Trinajstić information content (AvgIpc) is 3.10. The number of piperidine rings is 1. The highest BCUT2D eigenvalue weighted by Crippen LogP contribution is 2.32. The maximum absolute atomic E-state index is 13.9. The Kier molecular flexibility index (Phi) is 12.5. The van der Waals surface area contributed by atoms with E-state index in [1.165, 1.54) is 25.9 Å². The molecule has 1 aromatic carbocycles. The first-order valence-electron chi connectivity index (χ1n) is 18.1. The second-order valence-electron chi connectivity index (χ2n) is 13.9. The van der Waals surface area contributed by atoms with E-state index in [4.69, 9.17) is 9.73 Å². The lowest BCUT2D eigenvalue weighted by Gasteiger charge is -2.42. The Morgan fingerprint density at radius 2 is 1.76 bits per heavy atom. The van der Waals surface area contributed by atoms with Crippen molar-refractivity contribution in [1.29, 1.82) is 0 Å². The molecule has 3 aliphatic rings. The lowest BCUT2D eigenvalue weighted by Crippen LogP contribution is -2.52. The molecule has 2 aromatic rings. The van der Waals surface area contributed by atoms with Crippen LogP contribution in [-0.4, -0.2) is 110 Å². The van der Waals surface area contributed by atoms with Crippen LogP contribution in [0.4, 0.5) is 5.69 Å². The van der Waals surface area contributed by atoms with Crippen molar-refractivity contribution in [3.8, 4) is 0 Å². The highest BCUT2D eigenvalue weighted by molar-refractivity contribution is 6.10. The highest BCUT2D eigenvalue weighted by Gasteiger charge is 2.28. The van der Waals surface area contributed by atoms with Gasteiger partial charge in [0.2, 0.25) is 0 Å². The Balaban J connectivity index is 1.36. The molecule has 0 saturated carbocycles. The van der Waals surface area contributed by atoms with E-state index in [1.54, 1.807) is 0 Å². The number of pyridine rings is 1. The van der Waals surface area contributed by atoms with Crippen LogP contribution in [0.25, 0.3) is 5.57 Å². The van der Waals surface area contributed by atoms with Gasteiger partial charge in [-0.1, -0.05) is 6.58 Å². The van der Waals surface area contributed by atoms with Crippen molar-refractivity contribution < 1.29 is 9.53 Å². The minimum atomic E-state index is -0.218. The van der Waals surface area contributed by atoms with Crippen LogP contribution in [0.1, 0.15) is 77.8 Å². The topological polar surface area (TPSA) is 96.5 Å². The summed E-state index contributed by atoms with van der Waals surface area (Å²) in [6.07, 6.45) is 8.29. The van der Waals surface area contributed by atoms with Gasteiger partial charge in [0, 0.05) is 93.3 Å². The van der Waals surface area contributed by atoms with Gasteiger partial charge in [0.25, 0.3) is 11.5 Å². The van der Waals surface area contributed by atoms with Crippen molar-refractivity contribution in [2.45, 2.75) is 78.9 Å². The molecule has 266 valence electrons. The first-order valence-corrected chi connectivity index (χ1v) is 18.1. The fourth-order valence-corrected chi connectivity index (χ4v) is 7.64. The third-order valence-corrected chi connectivity index (χ3v) is 10.7. The molecular weight excluding hydrogens is 614 g/mol. The number of amides is 1. The van der Waals surface area contributed by atoms with E-state index >= 15 is 0 Å². The molecule has 0 radical (unpaired) electrons. The smallest absolute Gasteiger partial charge is 0.253 e. The summed E-state index contributed by atoms with van der Waals surface area (Å²) in [4.78, 5) is 44.2. The molecule has 3 saturated heterocycles. The summed E-state index contributed by atoms with van der Waals surface area (Å²) in [5.41, 5.74) is 6.15. The second-order valence-corrected chi connectivity index (χ2v) is 13.9. The highest BCUT2D eigenvalue weighted by atomic mass is 16.5. The lowest BCUT2D eigenvalue weighted by molar-refractivity contribution is 0.0762. The molecule has 5 rings (SSSR count). The van der Waals surface area contributed by atoms with Crippen LogP contribution >= 0.6 is 0 Å². The number of rotatable bonds is 11. The van der Waals surface area contributed by atoms with E-state index in [9.17, 15) is 9.59 Å². The number of nitrogens with one attached hydrogen (secondary N) is 2. The van der Waals surface area contributed by atoms with Gasteiger partial charge in [-0.2, -0.15) is 0 Å². The Morgan fingerprint density at radius 3 is 2.39 bits per heavy atom. The number of H-pyrrole nitrogens is 1. The number of aromatic amines is 1. The Labute approximate surface area is 292 Å². The summed E-state index contributed by atoms with van der Waals surface area (Å²) in [7, 11) is 2.22. The number of carbonyl (C=O) groups is 1. The third-order valence-electron chi connectivity index (χ3n) is 10.7. The molecule has 0 unspecified atom stereocenters. The molecule has 0 spiro atoms. The number of nitrogens with zero attached hydrogens (tertiary/aromatic N) is 5. The predicted octanol–water partition coefficient (Wildman–Crippen LogP) is 4.89. The van der Waals surface area contributed by atoms with Crippen molar-refractivity contribution in [3.05, 3.63) is 80.5 Å². The molecule has 0 bridgehead atoms. The molecule has 2 N–H and O–H groups in total. The fraction of sp³-hybridized carbons (Fsp3) is 0.564. The number of carbonyl (C=O) groups excluding carboxylic acids is 1. The van der Waals surface area contributed by atoms with Gasteiger partial charge >= 0.3 is 0 Å².